The summed E-state index contributed by atoms with van der Waals surface area (Å²) in [7, 11) is 0. The molecule has 0 radical (unpaired) electrons. The number of fused-ring (bicyclic) bond motifs is 3. The van der Waals surface area contributed by atoms with Crippen molar-refractivity contribution in [2.24, 2.45) is 22.1 Å². The molecule has 32 heavy (non-hydrogen) atoms. The number of hydrogen-bond donors (Lipinski definition) is 4. The molecule has 3 aromatic rings. The minimum atomic E-state index is -0.842. The molecule has 0 unspecified atom stereocenters. The van der Waals surface area contributed by atoms with E-state index < -0.39 is 12.2 Å². The second-order valence-corrected chi connectivity index (χ2v) is 10.2. The van der Waals surface area contributed by atoms with E-state index in [0.717, 1.165) is 35.9 Å². The first-order chi connectivity index (χ1) is 15.2. The molecule has 0 bridgehead atoms. The lowest BCUT2D eigenvalue weighted by molar-refractivity contribution is -0.0191. The van der Waals surface area contributed by atoms with Gasteiger partial charge in [0.2, 0.25) is 0 Å². The number of rotatable bonds is 4. The van der Waals surface area contributed by atoms with Crippen molar-refractivity contribution in [3.8, 4) is 0 Å². The van der Waals surface area contributed by atoms with Crippen LogP contribution in [0.2, 0.25) is 0 Å². The summed E-state index contributed by atoms with van der Waals surface area (Å²) >= 11 is 0. The van der Waals surface area contributed by atoms with Gasteiger partial charge in [0.05, 0.1) is 23.2 Å². The van der Waals surface area contributed by atoms with Crippen molar-refractivity contribution in [3.05, 3.63) is 47.9 Å². The lowest BCUT2D eigenvalue weighted by Crippen LogP contribution is -2.34. The molecule has 0 amide bonds. The highest BCUT2D eigenvalue weighted by molar-refractivity contribution is 5.98. The normalized spacial score (nSPS) is 32.1. The van der Waals surface area contributed by atoms with Crippen LogP contribution in [0, 0.1) is 11.3 Å². The lowest BCUT2D eigenvalue weighted by Gasteiger charge is -2.24. The van der Waals surface area contributed by atoms with Crippen molar-refractivity contribution in [1.29, 1.82) is 0 Å². The largest absolute Gasteiger partial charge is 0.390 e. The molecule has 6 rings (SSSR count). The minimum absolute atomic E-state index is 0.196. The summed E-state index contributed by atoms with van der Waals surface area (Å²) in [5, 5.41) is 22.8. The second kappa shape index (κ2) is 6.30. The van der Waals surface area contributed by atoms with E-state index in [1.165, 1.54) is 11.9 Å². The van der Waals surface area contributed by atoms with Crippen LogP contribution in [0.5, 0.6) is 0 Å². The molecule has 1 aliphatic heterocycles. The Morgan fingerprint density at radius 1 is 1.16 bits per heavy atom. The second-order valence-electron chi connectivity index (χ2n) is 10.2. The van der Waals surface area contributed by atoms with Crippen molar-refractivity contribution in [2.75, 3.05) is 5.73 Å². The van der Waals surface area contributed by atoms with E-state index in [1.807, 2.05) is 16.8 Å². The lowest BCUT2D eigenvalue weighted by atomic mass is 9.84. The Hall–Kier alpha value is -2.97. The quantitative estimate of drug-likeness (QED) is 0.499. The summed E-state index contributed by atoms with van der Waals surface area (Å²) < 4.78 is 1.97. The van der Waals surface area contributed by atoms with Gasteiger partial charge in [0, 0.05) is 17.0 Å². The summed E-state index contributed by atoms with van der Waals surface area (Å²) in [5.41, 5.74) is 15.6. The van der Waals surface area contributed by atoms with E-state index in [4.69, 9.17) is 11.5 Å². The maximum Gasteiger partial charge on any atom is 0.145 e. The third kappa shape index (κ3) is 2.47. The Balaban J connectivity index is 1.25. The molecule has 2 saturated carbocycles. The van der Waals surface area contributed by atoms with Crippen LogP contribution in [-0.2, 0) is 11.8 Å². The number of amidine groups is 1. The van der Waals surface area contributed by atoms with E-state index in [2.05, 4.69) is 47.0 Å². The number of nitrogens with two attached hydrogens (primary N) is 2. The number of hydrogen-bond acceptors (Lipinski definition) is 7. The number of aromatic nitrogens is 3. The summed E-state index contributed by atoms with van der Waals surface area (Å²) in [5.74, 6) is 1.26. The van der Waals surface area contributed by atoms with Gasteiger partial charge in [-0.1, -0.05) is 12.1 Å². The zero-order valence-electron chi connectivity index (χ0n) is 18.2. The van der Waals surface area contributed by atoms with Crippen LogP contribution < -0.4 is 11.5 Å². The van der Waals surface area contributed by atoms with E-state index in [0.29, 0.717) is 17.3 Å². The monoisotopic (exact) mass is 432 g/mol. The zero-order valence-corrected chi connectivity index (χ0v) is 18.2. The fourth-order valence-corrected chi connectivity index (χ4v) is 6.08. The maximum absolute atomic E-state index is 11.0. The van der Waals surface area contributed by atoms with E-state index in [9.17, 15) is 10.2 Å². The van der Waals surface area contributed by atoms with Crippen LogP contribution in [0.1, 0.15) is 43.9 Å². The average Bonchev–Trinajstić information content (AvgIpc) is 3.15. The molecule has 3 aliphatic rings. The molecule has 0 spiro atoms. The number of aliphatic imine (C=N–C) groups is 1. The van der Waals surface area contributed by atoms with Crippen LogP contribution in [0.4, 0.5) is 11.5 Å². The number of aryl methyl sites for hydroxylation is 1. The average molecular weight is 433 g/mol. The van der Waals surface area contributed by atoms with Crippen molar-refractivity contribution in [3.63, 3.8) is 0 Å². The highest BCUT2D eigenvalue weighted by Crippen LogP contribution is 2.69. The summed E-state index contributed by atoms with van der Waals surface area (Å²) in [6.07, 6.45) is 4.24. The van der Waals surface area contributed by atoms with Gasteiger partial charge in [0.15, 0.2) is 0 Å². The number of nitrogens with zero attached hydrogens (tertiary/aromatic N) is 4. The van der Waals surface area contributed by atoms with Crippen molar-refractivity contribution >= 4 is 28.4 Å². The third-order valence-electron chi connectivity index (χ3n) is 8.21. The predicted molar refractivity (Wildman–Crippen MR) is 123 cm³/mol. The van der Waals surface area contributed by atoms with Crippen molar-refractivity contribution in [1.82, 2.24) is 14.5 Å². The van der Waals surface area contributed by atoms with Gasteiger partial charge in [-0.15, -0.1) is 0 Å². The maximum atomic E-state index is 11.0. The molecule has 1 aromatic carbocycles. The molecule has 5 atom stereocenters. The number of aliphatic hydroxyl groups is 2. The van der Waals surface area contributed by atoms with Crippen LogP contribution in [0.15, 0.2) is 41.8 Å². The van der Waals surface area contributed by atoms with Gasteiger partial charge < -0.3 is 26.2 Å². The Labute approximate surface area is 186 Å². The SMILES string of the molecule is CC1(C)C(N)=Nc2cc(CC[C@]34C[C@@H]3[C@@H](n3ccc5c(N)ncnc53)[C@H](O)[C@@H]4O)ccc21. The van der Waals surface area contributed by atoms with Gasteiger partial charge in [0.25, 0.3) is 0 Å². The Morgan fingerprint density at radius 2 is 1.97 bits per heavy atom. The first kappa shape index (κ1) is 19.7. The molecule has 2 aliphatic carbocycles. The molecule has 6 N–H and O–H groups in total. The van der Waals surface area contributed by atoms with Crippen LogP contribution in [0.25, 0.3) is 11.0 Å². The first-order valence-electron chi connectivity index (χ1n) is 11.2. The van der Waals surface area contributed by atoms with E-state index in [-0.39, 0.29) is 22.8 Å². The number of anilines is 1. The van der Waals surface area contributed by atoms with Crippen LogP contribution >= 0.6 is 0 Å². The predicted octanol–water partition coefficient (Wildman–Crippen LogP) is 2.21. The van der Waals surface area contributed by atoms with E-state index >= 15 is 0 Å². The number of benzene rings is 1. The zero-order chi connectivity index (χ0) is 22.4. The minimum Gasteiger partial charge on any atom is -0.390 e. The molecule has 3 heterocycles. The molecule has 0 saturated heterocycles. The highest BCUT2D eigenvalue weighted by atomic mass is 16.3. The number of aliphatic hydroxyl groups excluding tert-OH is 2. The van der Waals surface area contributed by atoms with Crippen LogP contribution in [0.3, 0.4) is 0 Å². The standard InChI is InChI=1S/C24H28N6O2/c1-23(2)14-4-3-12(9-16(14)29-22(23)26)5-7-24-10-15(24)17(18(31)19(24)32)30-8-6-13-20(25)27-11-28-21(13)30/h3-4,6,8-9,11,15,17-19,31-32H,5,7,10H2,1-2H3,(H2,26,29)(H2,25,27,28)/t15-,17-,18+,19+,24+/m1/s1. The first-order valence-corrected chi connectivity index (χ1v) is 11.2. The summed E-state index contributed by atoms with van der Waals surface area (Å²) in [6.45, 7) is 4.18. The van der Waals surface area contributed by atoms with Crippen LogP contribution in [-0.4, -0.2) is 42.8 Å². The Kier molecular flexibility index (Phi) is 3.88. The summed E-state index contributed by atoms with van der Waals surface area (Å²) in [4.78, 5) is 13.0. The molecule has 2 aromatic heterocycles. The molecule has 2 fully saturated rings. The van der Waals surface area contributed by atoms with Gasteiger partial charge in [0.1, 0.15) is 29.7 Å². The summed E-state index contributed by atoms with van der Waals surface area (Å²) in [6, 6.07) is 8.03. The molecule has 8 heteroatoms. The molecule has 8 nitrogen and oxygen atoms in total. The topological polar surface area (TPSA) is 136 Å². The van der Waals surface area contributed by atoms with E-state index in [1.54, 1.807) is 0 Å². The Morgan fingerprint density at radius 3 is 2.78 bits per heavy atom. The Bertz CT molecular complexity index is 1280. The fraction of sp³-hybridized carbons (Fsp3) is 0.458. The molecular weight excluding hydrogens is 404 g/mol. The third-order valence-corrected chi connectivity index (χ3v) is 8.21. The smallest absolute Gasteiger partial charge is 0.145 e. The van der Waals surface area contributed by atoms with Gasteiger partial charge >= 0.3 is 0 Å². The number of nitrogen functional groups attached to an aromatic ring is 1. The van der Waals surface area contributed by atoms with Gasteiger partial charge in [-0.25, -0.2) is 15.0 Å². The highest BCUT2D eigenvalue weighted by Gasteiger charge is 2.70. The van der Waals surface area contributed by atoms with Gasteiger partial charge in [-0.05, 0) is 62.3 Å². The fourth-order valence-electron chi connectivity index (χ4n) is 6.08. The van der Waals surface area contributed by atoms with Crippen molar-refractivity contribution in [2.45, 2.75) is 56.8 Å². The van der Waals surface area contributed by atoms with Crippen molar-refractivity contribution < 1.29 is 10.2 Å². The molecule has 166 valence electrons. The van der Waals surface area contributed by atoms with Gasteiger partial charge in [-0.2, -0.15) is 0 Å². The molecular formula is C24H28N6O2. The van der Waals surface area contributed by atoms with Gasteiger partial charge in [-0.3, -0.25) is 0 Å².